The Balaban J connectivity index is 2.15. The molecule has 2 aromatic rings. The van der Waals surface area contributed by atoms with Crippen molar-refractivity contribution in [3.05, 3.63) is 48.5 Å². The number of methoxy groups -OCH3 is 1. The lowest BCUT2D eigenvalue weighted by atomic mass is 10.0. The Morgan fingerprint density at radius 1 is 1.06 bits per heavy atom. The first-order valence-electron chi connectivity index (χ1n) is 5.99. The van der Waals surface area contributed by atoms with Crippen molar-refractivity contribution in [1.82, 2.24) is 0 Å². The fourth-order valence-corrected chi connectivity index (χ4v) is 1.82. The molecule has 0 aliphatic heterocycles. The van der Waals surface area contributed by atoms with Crippen LogP contribution in [0.15, 0.2) is 48.5 Å². The van der Waals surface area contributed by atoms with E-state index in [4.69, 9.17) is 10.5 Å². The number of ether oxygens (including phenoxy) is 1. The van der Waals surface area contributed by atoms with Crippen molar-refractivity contribution >= 4 is 11.4 Å². The Morgan fingerprint density at radius 2 is 1.83 bits per heavy atom. The molecule has 0 fully saturated rings. The number of nitrogens with one attached hydrogen (secondary N) is 1. The molecule has 18 heavy (non-hydrogen) atoms. The van der Waals surface area contributed by atoms with E-state index in [1.165, 1.54) is 5.56 Å². The third-order valence-electron chi connectivity index (χ3n) is 2.78. The normalized spacial score (nSPS) is 10.3. The van der Waals surface area contributed by atoms with E-state index in [9.17, 15) is 0 Å². The van der Waals surface area contributed by atoms with Crippen LogP contribution in [-0.4, -0.2) is 20.3 Å². The van der Waals surface area contributed by atoms with Crippen LogP contribution in [0.1, 0.15) is 0 Å². The van der Waals surface area contributed by atoms with Gasteiger partial charge in [-0.05, 0) is 23.3 Å². The van der Waals surface area contributed by atoms with Crippen LogP contribution in [0.2, 0.25) is 0 Å². The zero-order valence-corrected chi connectivity index (χ0v) is 10.5. The van der Waals surface area contributed by atoms with Gasteiger partial charge in [-0.1, -0.05) is 36.4 Å². The lowest BCUT2D eigenvalue weighted by molar-refractivity contribution is 0.211. The van der Waals surface area contributed by atoms with Crippen LogP contribution in [0.25, 0.3) is 11.1 Å². The number of benzene rings is 2. The molecule has 3 N–H and O–H groups in total. The minimum Gasteiger partial charge on any atom is -0.397 e. The number of rotatable bonds is 5. The first-order chi connectivity index (χ1) is 8.81. The van der Waals surface area contributed by atoms with Gasteiger partial charge in [0.25, 0.3) is 0 Å². The number of nitrogens with two attached hydrogens (primary N) is 1. The van der Waals surface area contributed by atoms with Gasteiger partial charge in [-0.25, -0.2) is 0 Å². The first kappa shape index (κ1) is 12.5. The zero-order chi connectivity index (χ0) is 12.8. The van der Waals surface area contributed by atoms with Gasteiger partial charge >= 0.3 is 0 Å². The molecular formula is C15H18N2O. The van der Waals surface area contributed by atoms with Crippen LogP contribution in [0.3, 0.4) is 0 Å². The quantitative estimate of drug-likeness (QED) is 0.626. The van der Waals surface area contributed by atoms with Gasteiger partial charge in [0, 0.05) is 13.7 Å². The van der Waals surface area contributed by atoms with Gasteiger partial charge in [0.2, 0.25) is 0 Å². The number of hydrogen-bond acceptors (Lipinski definition) is 3. The van der Waals surface area contributed by atoms with E-state index in [0.717, 1.165) is 23.5 Å². The second kappa shape index (κ2) is 6.07. The van der Waals surface area contributed by atoms with Gasteiger partial charge < -0.3 is 15.8 Å². The van der Waals surface area contributed by atoms with Crippen molar-refractivity contribution in [1.29, 1.82) is 0 Å². The molecule has 0 aliphatic carbocycles. The fraction of sp³-hybridized carbons (Fsp3) is 0.200. The molecule has 0 bridgehead atoms. The average Bonchev–Trinajstić information content (AvgIpc) is 2.42. The third-order valence-corrected chi connectivity index (χ3v) is 2.78. The SMILES string of the molecule is COCCNc1ccc(-c2ccccc2)cc1N. The smallest absolute Gasteiger partial charge is 0.0635 e. The maximum Gasteiger partial charge on any atom is 0.0635 e. The second-order valence-electron chi connectivity index (χ2n) is 4.09. The van der Waals surface area contributed by atoms with Crippen molar-refractivity contribution in [2.45, 2.75) is 0 Å². The van der Waals surface area contributed by atoms with Crippen LogP contribution >= 0.6 is 0 Å². The van der Waals surface area contributed by atoms with Crippen molar-refractivity contribution < 1.29 is 4.74 Å². The lowest BCUT2D eigenvalue weighted by Crippen LogP contribution is -2.09. The lowest BCUT2D eigenvalue weighted by Gasteiger charge is -2.10. The standard InChI is InChI=1S/C15H18N2O/c1-18-10-9-17-15-8-7-13(11-14(15)16)12-5-3-2-4-6-12/h2-8,11,17H,9-10,16H2,1H3. The summed E-state index contributed by atoms with van der Waals surface area (Å²) in [6.45, 7) is 1.42. The van der Waals surface area contributed by atoms with Crippen molar-refractivity contribution in [2.24, 2.45) is 0 Å². The monoisotopic (exact) mass is 242 g/mol. The molecule has 3 heteroatoms. The summed E-state index contributed by atoms with van der Waals surface area (Å²) < 4.78 is 4.99. The highest BCUT2D eigenvalue weighted by molar-refractivity contribution is 5.75. The highest BCUT2D eigenvalue weighted by atomic mass is 16.5. The molecule has 0 saturated carbocycles. The topological polar surface area (TPSA) is 47.3 Å². The highest BCUT2D eigenvalue weighted by Gasteiger charge is 2.02. The summed E-state index contributed by atoms with van der Waals surface area (Å²) in [6.07, 6.45) is 0. The predicted octanol–water partition coefficient (Wildman–Crippen LogP) is 2.99. The molecule has 0 unspecified atom stereocenters. The third kappa shape index (κ3) is 3.02. The second-order valence-corrected chi connectivity index (χ2v) is 4.09. The molecule has 0 aliphatic rings. The van der Waals surface area contributed by atoms with Gasteiger partial charge in [-0.2, -0.15) is 0 Å². The maximum absolute atomic E-state index is 6.04. The van der Waals surface area contributed by atoms with E-state index in [1.807, 2.05) is 30.3 Å². The first-order valence-corrected chi connectivity index (χ1v) is 5.99. The van der Waals surface area contributed by atoms with Gasteiger partial charge in [0.1, 0.15) is 0 Å². The van der Waals surface area contributed by atoms with Crippen LogP contribution in [-0.2, 0) is 4.74 Å². The van der Waals surface area contributed by atoms with E-state index < -0.39 is 0 Å². The summed E-state index contributed by atoms with van der Waals surface area (Å²) >= 11 is 0. The highest BCUT2D eigenvalue weighted by Crippen LogP contribution is 2.26. The summed E-state index contributed by atoms with van der Waals surface area (Å²) in [6, 6.07) is 16.3. The maximum atomic E-state index is 6.04. The van der Waals surface area contributed by atoms with E-state index in [1.54, 1.807) is 7.11 Å². The molecular weight excluding hydrogens is 224 g/mol. The van der Waals surface area contributed by atoms with E-state index in [-0.39, 0.29) is 0 Å². The van der Waals surface area contributed by atoms with E-state index in [0.29, 0.717) is 6.61 Å². The van der Waals surface area contributed by atoms with Crippen molar-refractivity contribution in [3.63, 3.8) is 0 Å². The van der Waals surface area contributed by atoms with Gasteiger partial charge in [0.15, 0.2) is 0 Å². The predicted molar refractivity (Wildman–Crippen MR) is 76.7 cm³/mol. The molecule has 3 nitrogen and oxygen atoms in total. The Morgan fingerprint density at radius 3 is 2.50 bits per heavy atom. The summed E-state index contributed by atoms with van der Waals surface area (Å²) in [7, 11) is 1.68. The summed E-state index contributed by atoms with van der Waals surface area (Å²) in [4.78, 5) is 0. The average molecular weight is 242 g/mol. The van der Waals surface area contributed by atoms with Crippen LogP contribution in [0, 0.1) is 0 Å². The van der Waals surface area contributed by atoms with Gasteiger partial charge in [-0.15, -0.1) is 0 Å². The molecule has 0 saturated heterocycles. The molecule has 0 amide bonds. The van der Waals surface area contributed by atoms with Crippen LogP contribution in [0.4, 0.5) is 11.4 Å². The van der Waals surface area contributed by atoms with Crippen LogP contribution < -0.4 is 11.1 Å². The Kier molecular flexibility index (Phi) is 4.20. The minimum absolute atomic E-state index is 0.667. The van der Waals surface area contributed by atoms with Gasteiger partial charge in [-0.3, -0.25) is 0 Å². The molecule has 0 spiro atoms. The number of anilines is 2. The van der Waals surface area contributed by atoms with E-state index in [2.05, 4.69) is 23.5 Å². The Hall–Kier alpha value is -2.00. The molecule has 0 atom stereocenters. The minimum atomic E-state index is 0.667. The van der Waals surface area contributed by atoms with Gasteiger partial charge in [0.05, 0.1) is 18.0 Å². The largest absolute Gasteiger partial charge is 0.397 e. The summed E-state index contributed by atoms with van der Waals surface area (Å²) in [5.41, 5.74) is 10.0. The molecule has 0 heterocycles. The summed E-state index contributed by atoms with van der Waals surface area (Å²) in [5.74, 6) is 0. The van der Waals surface area contributed by atoms with Crippen molar-refractivity contribution in [2.75, 3.05) is 31.3 Å². The Labute approximate surface area is 108 Å². The number of hydrogen-bond donors (Lipinski definition) is 2. The summed E-state index contributed by atoms with van der Waals surface area (Å²) in [5, 5.41) is 3.24. The Bertz CT molecular complexity index is 497. The number of nitrogen functional groups attached to an aromatic ring is 1. The fourth-order valence-electron chi connectivity index (χ4n) is 1.82. The van der Waals surface area contributed by atoms with Crippen molar-refractivity contribution in [3.8, 4) is 11.1 Å². The molecule has 0 radical (unpaired) electrons. The molecule has 2 rings (SSSR count). The molecule has 0 aromatic heterocycles. The van der Waals surface area contributed by atoms with E-state index >= 15 is 0 Å². The van der Waals surface area contributed by atoms with Crippen LogP contribution in [0.5, 0.6) is 0 Å². The molecule has 94 valence electrons. The zero-order valence-electron chi connectivity index (χ0n) is 10.5. The molecule has 2 aromatic carbocycles.